The lowest BCUT2D eigenvalue weighted by Crippen LogP contribution is -2.30. The van der Waals surface area contributed by atoms with Crippen LogP contribution in [0.25, 0.3) is 0 Å². The molecule has 0 radical (unpaired) electrons. The summed E-state index contributed by atoms with van der Waals surface area (Å²) in [5, 5.41) is 0. The quantitative estimate of drug-likeness (QED) is 0.0262. The third kappa shape index (κ3) is 49.1. The molecule has 0 fully saturated rings. The molecule has 0 saturated carbocycles. The molecule has 0 aromatic carbocycles. The summed E-state index contributed by atoms with van der Waals surface area (Å²) in [6.07, 6.45) is 69.5. The first-order valence-electron chi connectivity index (χ1n) is 25.9. The van der Waals surface area contributed by atoms with Crippen LogP contribution < -0.4 is 0 Å². The summed E-state index contributed by atoms with van der Waals surface area (Å²) in [7, 11) is 0. The van der Waals surface area contributed by atoms with E-state index in [9.17, 15) is 14.4 Å². The van der Waals surface area contributed by atoms with Gasteiger partial charge in [0.1, 0.15) is 13.2 Å². The Labute approximate surface area is 393 Å². The van der Waals surface area contributed by atoms with Gasteiger partial charge in [-0.2, -0.15) is 0 Å². The van der Waals surface area contributed by atoms with Crippen molar-refractivity contribution in [1.29, 1.82) is 0 Å². The summed E-state index contributed by atoms with van der Waals surface area (Å²) in [5.41, 5.74) is 0. The largest absolute Gasteiger partial charge is 0.462 e. The second kappa shape index (κ2) is 51.7. The highest BCUT2D eigenvalue weighted by Crippen LogP contribution is 2.11. The van der Waals surface area contributed by atoms with Gasteiger partial charge in [-0.05, 0) is 109 Å². The Morgan fingerprint density at radius 3 is 1.09 bits per heavy atom. The van der Waals surface area contributed by atoms with Gasteiger partial charge in [-0.15, -0.1) is 0 Å². The van der Waals surface area contributed by atoms with E-state index in [4.69, 9.17) is 14.2 Å². The van der Waals surface area contributed by atoms with Crippen molar-refractivity contribution in [2.45, 2.75) is 226 Å². The van der Waals surface area contributed by atoms with Gasteiger partial charge in [-0.25, -0.2) is 0 Å². The molecule has 0 N–H and O–H groups in total. The molecule has 1 atom stereocenters. The molecule has 0 saturated heterocycles. The fourth-order valence-corrected chi connectivity index (χ4v) is 6.62. The van der Waals surface area contributed by atoms with E-state index < -0.39 is 12.1 Å². The number of rotatable bonds is 45. The average Bonchev–Trinajstić information content (AvgIpc) is 3.29. The first-order chi connectivity index (χ1) is 31.5. The van der Waals surface area contributed by atoms with E-state index in [1.807, 2.05) is 12.2 Å². The average molecular weight is 887 g/mol. The van der Waals surface area contributed by atoms with Crippen LogP contribution in [0.1, 0.15) is 220 Å². The van der Waals surface area contributed by atoms with Crippen molar-refractivity contribution in [3.8, 4) is 0 Å². The number of esters is 3. The monoisotopic (exact) mass is 887 g/mol. The van der Waals surface area contributed by atoms with Crippen LogP contribution in [0.3, 0.4) is 0 Å². The highest BCUT2D eigenvalue weighted by molar-refractivity contribution is 5.71. The minimum atomic E-state index is -0.845. The third-order valence-electron chi connectivity index (χ3n) is 10.5. The molecule has 6 heteroatoms. The standard InChI is InChI=1S/C58H94O6/c1-4-7-10-13-16-19-22-25-27-29-31-33-36-39-42-45-48-51-57(60)63-54-55(53-62-56(59)50-47-44-41-38-35-32-24-21-18-15-12-9-6-3)64-58(61)52-49-46-43-40-37-34-30-28-26-23-20-17-14-11-8-5-2/h8,11,17,20,25-28,31-35,37,39,42-43,46,55H,4-7,9-10,12-16,18-19,21-24,29-30,36,38,40-41,44-45,47-54H2,1-3H3/b11-8-,20-17-,27-25-,28-26-,33-31-,35-32-,37-34-,42-39-,46-43-. The summed E-state index contributed by atoms with van der Waals surface area (Å²) in [5.74, 6) is -1.09. The SMILES string of the molecule is CC/C=C\C/C=C\C/C=C\C/C=C\C/C=C\CCC(=O)OC(COC(=O)CCC/C=C\C/C=C\C/C=C\CCCCCCCC)COC(=O)CCCCC/C=C\CCCCCCCC. The van der Waals surface area contributed by atoms with Crippen molar-refractivity contribution in [1.82, 2.24) is 0 Å². The fraction of sp³-hybridized carbons (Fsp3) is 0.638. The van der Waals surface area contributed by atoms with Crippen LogP contribution in [0, 0.1) is 0 Å². The molecule has 362 valence electrons. The van der Waals surface area contributed by atoms with Crippen molar-refractivity contribution >= 4 is 17.9 Å². The highest BCUT2D eigenvalue weighted by atomic mass is 16.6. The van der Waals surface area contributed by atoms with Gasteiger partial charge in [-0.1, -0.05) is 201 Å². The first kappa shape index (κ1) is 60.1. The molecule has 0 bridgehead atoms. The molecule has 1 unspecified atom stereocenters. The lowest BCUT2D eigenvalue weighted by atomic mass is 10.1. The molecule has 0 aliphatic heterocycles. The zero-order chi connectivity index (χ0) is 46.5. The minimum absolute atomic E-state index is 0.133. The number of ether oxygens (including phenoxy) is 3. The second-order valence-corrected chi connectivity index (χ2v) is 16.7. The number of carbonyl (C=O) groups is 3. The maximum Gasteiger partial charge on any atom is 0.306 e. The van der Waals surface area contributed by atoms with E-state index in [0.29, 0.717) is 19.3 Å². The van der Waals surface area contributed by atoms with Gasteiger partial charge in [0.2, 0.25) is 0 Å². The molecule has 0 amide bonds. The van der Waals surface area contributed by atoms with Crippen LogP contribution in [-0.4, -0.2) is 37.2 Å². The Morgan fingerprint density at radius 2 is 0.656 bits per heavy atom. The summed E-state index contributed by atoms with van der Waals surface area (Å²) in [6, 6.07) is 0. The molecule has 0 aliphatic carbocycles. The molecule has 0 aromatic heterocycles. The molecule has 0 aromatic rings. The maximum atomic E-state index is 12.8. The van der Waals surface area contributed by atoms with Gasteiger partial charge < -0.3 is 14.2 Å². The van der Waals surface area contributed by atoms with Crippen LogP contribution in [0.2, 0.25) is 0 Å². The lowest BCUT2D eigenvalue weighted by Gasteiger charge is -2.18. The van der Waals surface area contributed by atoms with Gasteiger partial charge in [0.25, 0.3) is 0 Å². The number of allylic oxidation sites excluding steroid dienone is 18. The molecule has 6 nitrogen and oxygen atoms in total. The number of carbonyl (C=O) groups excluding carboxylic acids is 3. The predicted octanol–water partition coefficient (Wildman–Crippen LogP) is 17.1. The predicted molar refractivity (Wildman–Crippen MR) is 274 cm³/mol. The van der Waals surface area contributed by atoms with Crippen LogP contribution in [-0.2, 0) is 28.6 Å². The summed E-state index contributed by atoms with van der Waals surface area (Å²) >= 11 is 0. The highest BCUT2D eigenvalue weighted by Gasteiger charge is 2.19. The van der Waals surface area contributed by atoms with Crippen molar-refractivity contribution in [3.63, 3.8) is 0 Å². The van der Waals surface area contributed by atoms with E-state index in [0.717, 1.165) is 83.5 Å². The number of hydrogen-bond acceptors (Lipinski definition) is 6. The van der Waals surface area contributed by atoms with Crippen LogP contribution in [0.15, 0.2) is 109 Å². The molecule has 64 heavy (non-hydrogen) atoms. The minimum Gasteiger partial charge on any atom is -0.462 e. The van der Waals surface area contributed by atoms with E-state index in [1.165, 1.54) is 83.5 Å². The number of hydrogen-bond donors (Lipinski definition) is 0. The molecular formula is C58H94O6. The smallest absolute Gasteiger partial charge is 0.306 e. The Bertz CT molecular complexity index is 1340. The van der Waals surface area contributed by atoms with Gasteiger partial charge in [0.15, 0.2) is 6.10 Å². The molecular weight excluding hydrogens is 793 g/mol. The van der Waals surface area contributed by atoms with Gasteiger partial charge >= 0.3 is 17.9 Å². The van der Waals surface area contributed by atoms with Gasteiger partial charge in [-0.3, -0.25) is 14.4 Å². The first-order valence-corrected chi connectivity index (χ1v) is 25.9. The van der Waals surface area contributed by atoms with E-state index in [-0.39, 0.29) is 38.0 Å². The normalized spacial score (nSPS) is 13.0. The van der Waals surface area contributed by atoms with Crippen molar-refractivity contribution in [2.75, 3.05) is 13.2 Å². The Balaban J connectivity index is 4.60. The Hall–Kier alpha value is -3.93. The number of unbranched alkanes of at least 4 members (excludes halogenated alkanes) is 16. The fourth-order valence-electron chi connectivity index (χ4n) is 6.62. The second-order valence-electron chi connectivity index (χ2n) is 16.7. The summed E-state index contributed by atoms with van der Waals surface area (Å²) in [4.78, 5) is 37.9. The van der Waals surface area contributed by atoms with E-state index in [1.54, 1.807) is 0 Å². The van der Waals surface area contributed by atoms with Crippen molar-refractivity contribution < 1.29 is 28.6 Å². The lowest BCUT2D eigenvalue weighted by molar-refractivity contribution is -0.166. The van der Waals surface area contributed by atoms with Crippen LogP contribution in [0.4, 0.5) is 0 Å². The zero-order valence-electron chi connectivity index (χ0n) is 41.3. The molecule has 0 aliphatic rings. The Kier molecular flexibility index (Phi) is 48.5. The summed E-state index contributed by atoms with van der Waals surface area (Å²) < 4.78 is 16.7. The molecule has 0 heterocycles. The van der Waals surface area contributed by atoms with E-state index >= 15 is 0 Å². The maximum absolute atomic E-state index is 12.8. The van der Waals surface area contributed by atoms with Gasteiger partial charge in [0, 0.05) is 19.3 Å². The summed E-state index contributed by atoms with van der Waals surface area (Å²) in [6.45, 7) is 6.37. The van der Waals surface area contributed by atoms with Crippen LogP contribution in [0.5, 0.6) is 0 Å². The third-order valence-corrected chi connectivity index (χ3v) is 10.5. The zero-order valence-corrected chi connectivity index (χ0v) is 41.3. The topological polar surface area (TPSA) is 78.9 Å². The van der Waals surface area contributed by atoms with Crippen molar-refractivity contribution in [2.24, 2.45) is 0 Å². The van der Waals surface area contributed by atoms with Crippen LogP contribution >= 0.6 is 0 Å². The molecule has 0 rings (SSSR count). The Morgan fingerprint density at radius 1 is 0.328 bits per heavy atom. The van der Waals surface area contributed by atoms with Crippen molar-refractivity contribution in [3.05, 3.63) is 109 Å². The molecule has 0 spiro atoms. The van der Waals surface area contributed by atoms with E-state index in [2.05, 4.69) is 118 Å². The van der Waals surface area contributed by atoms with Gasteiger partial charge in [0.05, 0.1) is 0 Å².